The van der Waals surface area contributed by atoms with Crippen LogP contribution in [0.3, 0.4) is 0 Å². The molecule has 2 aromatic heterocycles. The highest BCUT2D eigenvalue weighted by molar-refractivity contribution is 5.95. The molecule has 0 aliphatic carbocycles. The first-order chi connectivity index (χ1) is 11.8. The van der Waals surface area contributed by atoms with Crippen LogP contribution in [-0.2, 0) is 6.42 Å². The van der Waals surface area contributed by atoms with Gasteiger partial charge in [0.15, 0.2) is 5.82 Å². The summed E-state index contributed by atoms with van der Waals surface area (Å²) in [6, 6.07) is 1.78. The predicted octanol–water partition coefficient (Wildman–Crippen LogP) is 0.678. The van der Waals surface area contributed by atoms with Crippen LogP contribution >= 0.6 is 0 Å². The summed E-state index contributed by atoms with van der Waals surface area (Å²) in [7, 11) is 3.91. The summed E-state index contributed by atoms with van der Waals surface area (Å²) in [6.45, 7) is 6.64. The van der Waals surface area contributed by atoms with Gasteiger partial charge in [-0.15, -0.1) is 0 Å². The number of H-pyrrole nitrogens is 1. The Morgan fingerprint density at radius 2 is 2.12 bits per heavy atom. The molecule has 2 heterocycles. The maximum Gasteiger partial charge on any atom is 0.263 e. The zero-order valence-corrected chi connectivity index (χ0v) is 15.5. The van der Waals surface area contributed by atoms with Gasteiger partial charge in [0.1, 0.15) is 11.4 Å². The van der Waals surface area contributed by atoms with Gasteiger partial charge in [0.25, 0.3) is 11.5 Å². The molecule has 2 N–H and O–H groups in total. The van der Waals surface area contributed by atoms with Gasteiger partial charge in [0.2, 0.25) is 0 Å². The molecule has 0 saturated heterocycles. The number of nitrogens with zero attached hydrogens (tertiary/aromatic N) is 4. The molecule has 25 heavy (non-hydrogen) atoms. The van der Waals surface area contributed by atoms with Crippen LogP contribution in [0, 0.1) is 13.8 Å². The number of aromatic amines is 1. The van der Waals surface area contributed by atoms with E-state index in [1.807, 2.05) is 32.8 Å². The van der Waals surface area contributed by atoms with Crippen LogP contribution in [0.15, 0.2) is 17.1 Å². The average Bonchev–Trinajstić information content (AvgIpc) is 2.92. The van der Waals surface area contributed by atoms with Crippen LogP contribution in [0.5, 0.6) is 0 Å². The Balaban J connectivity index is 2.11. The third-order valence-corrected chi connectivity index (χ3v) is 3.94. The molecule has 8 heteroatoms. The van der Waals surface area contributed by atoms with E-state index in [1.165, 1.54) is 0 Å². The highest BCUT2D eigenvalue weighted by atomic mass is 16.2. The molecule has 0 aromatic carbocycles. The Morgan fingerprint density at radius 3 is 2.72 bits per heavy atom. The predicted molar refractivity (Wildman–Crippen MR) is 95.9 cm³/mol. The highest BCUT2D eigenvalue weighted by Crippen LogP contribution is 2.08. The maximum absolute atomic E-state index is 12.7. The van der Waals surface area contributed by atoms with E-state index in [0.717, 1.165) is 5.82 Å². The van der Waals surface area contributed by atoms with E-state index in [4.69, 9.17) is 0 Å². The summed E-state index contributed by atoms with van der Waals surface area (Å²) in [5, 5.41) is 9.58. The molecule has 0 bridgehead atoms. The SMILES string of the molecule is Cc1nc(CCNC(=O)c2c(C)ccn(C(C)CN(C)C)c2=O)n[nH]1. The Labute approximate surface area is 147 Å². The number of hydrogen-bond acceptors (Lipinski definition) is 5. The quantitative estimate of drug-likeness (QED) is 0.768. The second kappa shape index (κ2) is 8.06. The molecule has 0 radical (unpaired) electrons. The Morgan fingerprint density at radius 1 is 1.40 bits per heavy atom. The van der Waals surface area contributed by atoms with Crippen LogP contribution in [-0.4, -0.2) is 57.7 Å². The number of amides is 1. The minimum absolute atomic E-state index is 0.0223. The van der Waals surface area contributed by atoms with E-state index < -0.39 is 0 Å². The third-order valence-electron chi connectivity index (χ3n) is 3.94. The lowest BCUT2D eigenvalue weighted by molar-refractivity contribution is 0.0951. The molecule has 8 nitrogen and oxygen atoms in total. The molecule has 2 rings (SSSR count). The lowest BCUT2D eigenvalue weighted by atomic mass is 10.1. The minimum atomic E-state index is -0.360. The maximum atomic E-state index is 12.7. The summed E-state index contributed by atoms with van der Waals surface area (Å²) >= 11 is 0. The number of aromatic nitrogens is 4. The van der Waals surface area contributed by atoms with Crippen molar-refractivity contribution >= 4 is 5.91 Å². The zero-order chi connectivity index (χ0) is 18.6. The van der Waals surface area contributed by atoms with E-state index in [0.29, 0.717) is 30.9 Å². The van der Waals surface area contributed by atoms with Crippen LogP contribution in [0.2, 0.25) is 0 Å². The summed E-state index contributed by atoms with van der Waals surface area (Å²) in [5.41, 5.74) is 0.601. The summed E-state index contributed by atoms with van der Waals surface area (Å²) in [5.74, 6) is 1.01. The van der Waals surface area contributed by atoms with Crippen LogP contribution in [0.25, 0.3) is 0 Å². The van der Waals surface area contributed by atoms with Gasteiger partial charge in [-0.25, -0.2) is 4.98 Å². The number of aryl methyl sites for hydroxylation is 2. The van der Waals surface area contributed by atoms with E-state index in [9.17, 15) is 9.59 Å². The van der Waals surface area contributed by atoms with Crippen molar-refractivity contribution in [1.29, 1.82) is 0 Å². The summed E-state index contributed by atoms with van der Waals surface area (Å²) < 4.78 is 1.61. The molecule has 0 saturated carbocycles. The fraction of sp³-hybridized carbons (Fsp3) is 0.529. The van der Waals surface area contributed by atoms with Gasteiger partial charge in [-0.2, -0.15) is 5.10 Å². The molecule has 0 fully saturated rings. The zero-order valence-electron chi connectivity index (χ0n) is 15.5. The molecule has 2 aromatic rings. The van der Waals surface area contributed by atoms with Crippen molar-refractivity contribution in [3.63, 3.8) is 0 Å². The first kappa shape index (κ1) is 18.9. The van der Waals surface area contributed by atoms with Crippen molar-refractivity contribution in [3.05, 3.63) is 45.4 Å². The van der Waals surface area contributed by atoms with Crippen molar-refractivity contribution in [2.24, 2.45) is 0 Å². The van der Waals surface area contributed by atoms with Gasteiger partial charge < -0.3 is 14.8 Å². The molecule has 1 amide bonds. The van der Waals surface area contributed by atoms with Gasteiger partial charge >= 0.3 is 0 Å². The van der Waals surface area contributed by atoms with E-state index in [2.05, 4.69) is 20.5 Å². The average molecular weight is 346 g/mol. The molecule has 1 unspecified atom stereocenters. The fourth-order valence-corrected chi connectivity index (χ4v) is 2.76. The Hall–Kier alpha value is -2.48. The lowest BCUT2D eigenvalue weighted by Gasteiger charge is -2.20. The normalized spacial score (nSPS) is 12.4. The molecular weight excluding hydrogens is 320 g/mol. The van der Waals surface area contributed by atoms with Gasteiger partial charge in [0.05, 0.1) is 0 Å². The van der Waals surface area contributed by atoms with Crippen molar-refractivity contribution < 1.29 is 4.79 Å². The largest absolute Gasteiger partial charge is 0.351 e. The molecule has 136 valence electrons. The van der Waals surface area contributed by atoms with Crippen molar-refractivity contribution in [2.75, 3.05) is 27.2 Å². The molecular formula is C17H26N6O2. The van der Waals surface area contributed by atoms with Crippen LogP contribution in [0.4, 0.5) is 0 Å². The lowest BCUT2D eigenvalue weighted by Crippen LogP contribution is -2.37. The minimum Gasteiger partial charge on any atom is -0.351 e. The topological polar surface area (TPSA) is 95.9 Å². The fourth-order valence-electron chi connectivity index (χ4n) is 2.76. The molecule has 0 spiro atoms. The first-order valence-corrected chi connectivity index (χ1v) is 8.32. The van der Waals surface area contributed by atoms with Crippen molar-refractivity contribution in [1.82, 2.24) is 30.0 Å². The monoisotopic (exact) mass is 346 g/mol. The first-order valence-electron chi connectivity index (χ1n) is 8.32. The number of hydrogen-bond donors (Lipinski definition) is 2. The Kier molecular flexibility index (Phi) is 6.08. The second-order valence-corrected chi connectivity index (χ2v) is 6.54. The van der Waals surface area contributed by atoms with Crippen molar-refractivity contribution in [3.8, 4) is 0 Å². The summed E-state index contributed by atoms with van der Waals surface area (Å²) in [4.78, 5) is 31.4. The van der Waals surface area contributed by atoms with Gasteiger partial charge in [-0.3, -0.25) is 14.7 Å². The van der Waals surface area contributed by atoms with E-state index in [1.54, 1.807) is 23.8 Å². The molecule has 0 aliphatic rings. The second-order valence-electron chi connectivity index (χ2n) is 6.54. The van der Waals surface area contributed by atoms with E-state index >= 15 is 0 Å². The number of pyridine rings is 1. The van der Waals surface area contributed by atoms with Crippen LogP contribution in [0.1, 0.15) is 40.5 Å². The smallest absolute Gasteiger partial charge is 0.263 e. The summed E-state index contributed by atoms with van der Waals surface area (Å²) in [6.07, 6.45) is 2.26. The van der Waals surface area contributed by atoms with Gasteiger partial charge in [-0.05, 0) is 46.5 Å². The molecule has 0 aliphatic heterocycles. The van der Waals surface area contributed by atoms with Gasteiger partial charge in [-0.1, -0.05) is 0 Å². The number of likely N-dealkylation sites (N-methyl/N-ethyl adjacent to an activating group) is 1. The van der Waals surface area contributed by atoms with Crippen molar-refractivity contribution in [2.45, 2.75) is 33.2 Å². The van der Waals surface area contributed by atoms with Gasteiger partial charge in [0, 0.05) is 31.7 Å². The Bertz CT molecular complexity index is 793. The number of rotatable bonds is 7. The number of carbonyl (C=O) groups is 1. The van der Waals surface area contributed by atoms with Crippen LogP contribution < -0.4 is 10.9 Å². The van der Waals surface area contributed by atoms with E-state index in [-0.39, 0.29) is 23.1 Å². The number of nitrogens with one attached hydrogen (secondary N) is 2. The number of carbonyl (C=O) groups excluding carboxylic acids is 1. The molecule has 1 atom stereocenters. The third kappa shape index (κ3) is 4.76. The highest BCUT2D eigenvalue weighted by Gasteiger charge is 2.18. The standard InChI is InChI=1S/C17H26N6O2/c1-11-7-9-23(12(2)10-22(4)5)17(25)15(11)16(24)18-8-6-14-19-13(3)20-21-14/h7,9,12H,6,8,10H2,1-5H3,(H,18,24)(H,19,20,21).